The standard InChI is InChI=1S/C30H26NO.C20H26GeN.Ir/c1-3-8-21(9-4-1)18-22-16-17-31-28(19-22)24-14-15-26-27-13-7-12-25(23-10-5-2-6-11-23)30(27)32-29(26)20-24;1-21(2,3)19-15-22-20(17-11-5-4-6-12-17)14-18(19)13-16-9-7-8-10-16;/h2,5-7,10-13,15-17,19-21H,1,3-4,8-9,18H2;4-6,11,14-16H,7-10,13H2,1-3H3;/q2*-1;. The van der Waals surface area contributed by atoms with Gasteiger partial charge >= 0.3 is 137 Å². The van der Waals surface area contributed by atoms with Gasteiger partial charge in [0.05, 0.1) is 5.58 Å². The topological polar surface area (TPSA) is 38.9 Å². The average molecular weight is 962 g/mol. The smallest absolute Gasteiger partial charge is 0.131 e. The van der Waals surface area contributed by atoms with E-state index in [0.29, 0.717) is 0 Å². The molecule has 3 heterocycles. The van der Waals surface area contributed by atoms with Crippen molar-refractivity contribution < 1.29 is 24.5 Å². The Balaban J connectivity index is 0.000000178. The molecular weight excluding hydrogens is 909 g/mol. The number of furan rings is 1. The van der Waals surface area contributed by atoms with Crippen LogP contribution in [0.3, 0.4) is 0 Å². The van der Waals surface area contributed by atoms with E-state index >= 15 is 0 Å². The second-order valence-electron chi connectivity index (χ2n) is 16.6. The predicted molar refractivity (Wildman–Crippen MR) is 229 cm³/mol. The van der Waals surface area contributed by atoms with Crippen LogP contribution in [0.15, 0.2) is 120 Å². The first-order valence-corrected chi connectivity index (χ1v) is 27.6. The minimum absolute atomic E-state index is 0. The van der Waals surface area contributed by atoms with Gasteiger partial charge in [-0.05, 0) is 35.0 Å². The first-order valence-electron chi connectivity index (χ1n) is 20.2. The van der Waals surface area contributed by atoms with E-state index in [0.717, 1.165) is 68.3 Å². The van der Waals surface area contributed by atoms with Gasteiger partial charge in [0.2, 0.25) is 0 Å². The van der Waals surface area contributed by atoms with Gasteiger partial charge in [0.15, 0.2) is 0 Å². The van der Waals surface area contributed by atoms with Crippen LogP contribution in [-0.4, -0.2) is 23.2 Å². The summed E-state index contributed by atoms with van der Waals surface area (Å²) in [7, 11) is 0. The number of nitrogens with zero attached hydrogens (tertiary/aromatic N) is 2. The monoisotopic (exact) mass is 963 g/mol. The molecule has 0 bridgehead atoms. The van der Waals surface area contributed by atoms with Crippen LogP contribution >= 0.6 is 0 Å². The van der Waals surface area contributed by atoms with Gasteiger partial charge in [-0.2, -0.15) is 0 Å². The van der Waals surface area contributed by atoms with Crippen LogP contribution in [0.1, 0.15) is 68.9 Å². The fraction of sp³-hybridized carbons (Fsp3) is 0.320. The van der Waals surface area contributed by atoms with Crippen LogP contribution in [0.2, 0.25) is 17.3 Å². The Labute approximate surface area is 344 Å². The van der Waals surface area contributed by atoms with Crippen LogP contribution in [0.4, 0.5) is 0 Å². The van der Waals surface area contributed by atoms with Gasteiger partial charge in [-0.3, -0.25) is 0 Å². The second-order valence-corrected chi connectivity index (χ2v) is 27.2. The van der Waals surface area contributed by atoms with Crippen molar-refractivity contribution in [2.45, 2.75) is 87.9 Å². The summed E-state index contributed by atoms with van der Waals surface area (Å²) in [6, 6.07) is 42.7. The van der Waals surface area contributed by atoms with Gasteiger partial charge in [-0.1, -0.05) is 104 Å². The number of aromatic nitrogens is 2. The number of para-hydroxylation sites is 1. The summed E-state index contributed by atoms with van der Waals surface area (Å²) in [6.07, 6.45) is 19.1. The molecule has 2 saturated carbocycles. The van der Waals surface area contributed by atoms with Gasteiger partial charge in [0, 0.05) is 31.9 Å². The van der Waals surface area contributed by atoms with Gasteiger partial charge in [-0.25, -0.2) is 0 Å². The molecule has 2 fully saturated rings. The molecule has 7 aromatic rings. The number of fused-ring (bicyclic) bond motifs is 3. The van der Waals surface area contributed by atoms with Crippen molar-refractivity contribution in [3.8, 4) is 33.6 Å². The minimum atomic E-state index is -1.87. The zero-order valence-electron chi connectivity index (χ0n) is 32.5. The van der Waals surface area contributed by atoms with E-state index in [2.05, 4.69) is 126 Å². The van der Waals surface area contributed by atoms with E-state index < -0.39 is 13.3 Å². The van der Waals surface area contributed by atoms with Crippen molar-refractivity contribution in [3.05, 3.63) is 139 Å². The van der Waals surface area contributed by atoms with Gasteiger partial charge < -0.3 is 9.40 Å². The van der Waals surface area contributed by atoms with Crippen molar-refractivity contribution in [2.75, 3.05) is 0 Å². The van der Waals surface area contributed by atoms with Crippen LogP contribution in [-0.2, 0) is 32.9 Å². The molecule has 0 atom stereocenters. The summed E-state index contributed by atoms with van der Waals surface area (Å²) in [5.74, 6) is 9.13. The molecule has 283 valence electrons. The van der Waals surface area contributed by atoms with Crippen LogP contribution < -0.4 is 4.40 Å². The maximum Gasteiger partial charge on any atom is 0.131 e. The van der Waals surface area contributed by atoms with Crippen molar-refractivity contribution >= 4 is 39.6 Å². The molecule has 0 unspecified atom stereocenters. The molecule has 1 radical (unpaired) electrons. The van der Waals surface area contributed by atoms with Crippen LogP contribution in [0.5, 0.6) is 0 Å². The Morgan fingerprint density at radius 2 is 1.40 bits per heavy atom. The summed E-state index contributed by atoms with van der Waals surface area (Å²) >= 11 is -1.87. The Morgan fingerprint density at radius 1 is 0.673 bits per heavy atom. The number of hydrogen-bond donors (Lipinski definition) is 0. The molecule has 4 aromatic carbocycles. The average Bonchev–Trinajstić information content (AvgIpc) is 3.86. The zero-order valence-corrected chi connectivity index (χ0v) is 37.0. The molecule has 0 saturated heterocycles. The molecule has 9 rings (SSSR count). The maximum absolute atomic E-state index is 6.40. The molecule has 0 N–H and O–H groups in total. The Kier molecular flexibility index (Phi) is 12.9. The number of rotatable bonds is 8. The molecule has 5 heteroatoms. The molecule has 3 nitrogen and oxygen atoms in total. The summed E-state index contributed by atoms with van der Waals surface area (Å²) in [5.41, 5.74) is 11.2. The molecule has 55 heavy (non-hydrogen) atoms. The SMILES string of the molecule is [CH3][Ge]([CH3])([CH3])[c]1cnc(-c2[c-]cccc2)cc1CC1CCCC1.[Ir].[c-]1cc2c(cc1-c1cc(CC3CCCCC3)ccn1)oc1c(-c3ccccc3)cccc12. The maximum atomic E-state index is 6.40. The van der Waals surface area contributed by atoms with Gasteiger partial charge in [-0.15, -0.1) is 17.7 Å². The van der Waals surface area contributed by atoms with E-state index in [4.69, 9.17) is 9.40 Å². The Bertz CT molecular complexity index is 2320. The molecule has 3 aromatic heterocycles. The van der Waals surface area contributed by atoms with Gasteiger partial charge in [0.25, 0.3) is 0 Å². The third kappa shape index (κ3) is 9.42. The first kappa shape index (κ1) is 39.4. The molecular formula is C50H52GeIrN2O-2. The molecule has 0 amide bonds. The fourth-order valence-corrected chi connectivity index (χ4v) is 12.1. The van der Waals surface area contributed by atoms with E-state index in [-0.39, 0.29) is 20.1 Å². The third-order valence-electron chi connectivity index (χ3n) is 11.6. The first-order chi connectivity index (χ1) is 26.4. The Hall–Kier alpha value is -3.83. The third-order valence-corrected chi connectivity index (χ3v) is 16.0. The van der Waals surface area contributed by atoms with Crippen LogP contribution in [0.25, 0.3) is 55.6 Å². The summed E-state index contributed by atoms with van der Waals surface area (Å²) in [5, 5.41) is 2.23. The van der Waals surface area contributed by atoms with E-state index in [9.17, 15) is 0 Å². The second kappa shape index (κ2) is 18.0. The predicted octanol–water partition coefficient (Wildman–Crippen LogP) is 13.1. The van der Waals surface area contributed by atoms with Crippen molar-refractivity contribution in [1.29, 1.82) is 0 Å². The van der Waals surface area contributed by atoms with Gasteiger partial charge in [0.1, 0.15) is 5.58 Å². The fourth-order valence-electron chi connectivity index (χ4n) is 8.77. The summed E-state index contributed by atoms with van der Waals surface area (Å²) in [6.45, 7) is 0. The van der Waals surface area contributed by atoms with E-state index in [1.807, 2.05) is 24.4 Å². The molecule has 2 aliphatic carbocycles. The largest absolute Gasteiger partial charge is 0.476 e. The van der Waals surface area contributed by atoms with Crippen molar-refractivity contribution in [3.63, 3.8) is 0 Å². The number of hydrogen-bond acceptors (Lipinski definition) is 3. The van der Waals surface area contributed by atoms with Crippen molar-refractivity contribution in [2.24, 2.45) is 11.8 Å². The summed E-state index contributed by atoms with van der Waals surface area (Å²) < 4.78 is 7.99. The minimum Gasteiger partial charge on any atom is -0.476 e. The molecule has 2 aliphatic rings. The number of pyridine rings is 2. The quantitative estimate of drug-likeness (QED) is 0.113. The zero-order chi connectivity index (χ0) is 36.9. The molecule has 0 aliphatic heterocycles. The van der Waals surface area contributed by atoms with E-state index in [1.165, 1.54) is 75.3 Å². The van der Waals surface area contributed by atoms with Crippen molar-refractivity contribution in [1.82, 2.24) is 9.97 Å². The van der Waals surface area contributed by atoms with Crippen LogP contribution in [0, 0.1) is 24.0 Å². The van der Waals surface area contributed by atoms with E-state index in [1.54, 1.807) is 9.96 Å². The molecule has 0 spiro atoms. The summed E-state index contributed by atoms with van der Waals surface area (Å²) in [4.78, 5) is 9.42. The number of benzene rings is 4. The Morgan fingerprint density at radius 3 is 2.15 bits per heavy atom. The normalized spacial score (nSPS) is 15.1.